The number of rotatable bonds is 7. The number of H-pyrrole nitrogens is 1. The topological polar surface area (TPSA) is 91.9 Å². The van der Waals surface area contributed by atoms with Gasteiger partial charge in [-0.3, -0.25) is 14.4 Å². The summed E-state index contributed by atoms with van der Waals surface area (Å²) in [7, 11) is 0. The predicted molar refractivity (Wildman–Crippen MR) is 131 cm³/mol. The summed E-state index contributed by atoms with van der Waals surface area (Å²) in [6.07, 6.45) is 0.546. The van der Waals surface area contributed by atoms with Crippen molar-refractivity contribution < 1.29 is 9.59 Å². The van der Waals surface area contributed by atoms with Gasteiger partial charge in [0, 0.05) is 22.2 Å². The minimum Gasteiger partial charge on any atom is -0.325 e. The number of nitrogens with one attached hydrogen (secondary N) is 2. The van der Waals surface area contributed by atoms with Gasteiger partial charge in [-0.25, -0.2) is 4.98 Å². The first-order valence-corrected chi connectivity index (χ1v) is 11.9. The highest BCUT2D eigenvalue weighted by molar-refractivity contribution is 8.00. The second kappa shape index (κ2) is 9.50. The van der Waals surface area contributed by atoms with Crippen LogP contribution in [0.1, 0.15) is 30.6 Å². The molecule has 0 saturated carbocycles. The Kier molecular flexibility index (Phi) is 6.53. The van der Waals surface area contributed by atoms with E-state index in [2.05, 4.69) is 15.3 Å². The lowest BCUT2D eigenvalue weighted by atomic mass is 10.1. The lowest BCUT2D eigenvalue weighted by Gasteiger charge is -2.14. The first-order chi connectivity index (χ1) is 15.5. The molecule has 1 unspecified atom stereocenters. The van der Waals surface area contributed by atoms with Gasteiger partial charge in [0.1, 0.15) is 4.83 Å². The van der Waals surface area contributed by atoms with E-state index in [0.717, 1.165) is 11.1 Å². The van der Waals surface area contributed by atoms with Crippen LogP contribution in [-0.4, -0.2) is 26.9 Å². The van der Waals surface area contributed by atoms with Crippen molar-refractivity contribution in [2.75, 3.05) is 5.32 Å². The number of ketones is 1. The Morgan fingerprint density at radius 2 is 1.94 bits per heavy atom. The number of anilines is 1. The van der Waals surface area contributed by atoms with Crippen molar-refractivity contribution in [3.63, 3.8) is 0 Å². The van der Waals surface area contributed by atoms with Crippen LogP contribution >= 0.6 is 23.1 Å². The number of hydrogen-bond donors (Lipinski definition) is 2. The fraction of sp³-hybridized carbons (Fsp3) is 0.167. The van der Waals surface area contributed by atoms with Gasteiger partial charge >= 0.3 is 0 Å². The van der Waals surface area contributed by atoms with Gasteiger partial charge in [-0.15, -0.1) is 11.3 Å². The van der Waals surface area contributed by atoms with Crippen LogP contribution in [0.15, 0.2) is 69.9 Å². The van der Waals surface area contributed by atoms with Crippen LogP contribution in [-0.2, 0) is 4.79 Å². The van der Waals surface area contributed by atoms with Gasteiger partial charge in [-0.1, -0.05) is 61.2 Å². The first kappa shape index (κ1) is 22.0. The normalized spacial score (nSPS) is 11.9. The average molecular weight is 464 g/mol. The monoisotopic (exact) mass is 463 g/mol. The molecule has 0 fully saturated rings. The average Bonchev–Trinajstić information content (AvgIpc) is 3.23. The van der Waals surface area contributed by atoms with Gasteiger partial charge in [-0.05, 0) is 31.0 Å². The smallest absolute Gasteiger partial charge is 0.260 e. The highest BCUT2D eigenvalue weighted by Crippen LogP contribution is 2.32. The summed E-state index contributed by atoms with van der Waals surface area (Å²) in [5.74, 6) is -0.277. The minimum atomic E-state index is -0.454. The number of amides is 1. The van der Waals surface area contributed by atoms with E-state index in [-0.39, 0.29) is 17.2 Å². The van der Waals surface area contributed by atoms with E-state index in [1.165, 1.54) is 30.0 Å². The van der Waals surface area contributed by atoms with Crippen molar-refractivity contribution in [2.24, 2.45) is 0 Å². The van der Waals surface area contributed by atoms with Crippen LogP contribution in [0.4, 0.5) is 5.69 Å². The van der Waals surface area contributed by atoms with Gasteiger partial charge in [-0.2, -0.15) is 0 Å². The number of aromatic nitrogens is 2. The number of aromatic amines is 1. The van der Waals surface area contributed by atoms with Crippen molar-refractivity contribution in [3.05, 3.63) is 75.9 Å². The summed E-state index contributed by atoms with van der Waals surface area (Å²) in [4.78, 5) is 45.3. The highest BCUT2D eigenvalue weighted by Gasteiger charge is 2.21. The molecule has 0 aliphatic rings. The molecule has 0 saturated heterocycles. The molecular weight excluding hydrogens is 442 g/mol. The van der Waals surface area contributed by atoms with E-state index in [1.807, 2.05) is 42.6 Å². The molecule has 1 atom stereocenters. The lowest BCUT2D eigenvalue weighted by molar-refractivity contribution is -0.115. The molecule has 0 radical (unpaired) electrons. The zero-order valence-electron chi connectivity index (χ0n) is 17.5. The van der Waals surface area contributed by atoms with Crippen molar-refractivity contribution in [2.45, 2.75) is 30.7 Å². The van der Waals surface area contributed by atoms with Crippen LogP contribution in [0.2, 0.25) is 0 Å². The van der Waals surface area contributed by atoms with Crippen LogP contribution in [0.5, 0.6) is 0 Å². The molecule has 2 aromatic carbocycles. The summed E-state index contributed by atoms with van der Waals surface area (Å²) in [5.41, 5.74) is 2.69. The maximum Gasteiger partial charge on any atom is 0.260 e. The summed E-state index contributed by atoms with van der Waals surface area (Å²) in [6, 6.07) is 16.5. The largest absolute Gasteiger partial charge is 0.325 e. The zero-order valence-corrected chi connectivity index (χ0v) is 19.2. The van der Waals surface area contributed by atoms with E-state index >= 15 is 0 Å². The Labute approximate surface area is 193 Å². The van der Waals surface area contributed by atoms with Crippen molar-refractivity contribution in [3.8, 4) is 11.1 Å². The molecule has 0 bridgehead atoms. The number of carbonyl (C=O) groups is 2. The third-order valence-electron chi connectivity index (χ3n) is 4.96. The number of benzene rings is 2. The third kappa shape index (κ3) is 4.66. The third-order valence-corrected chi connectivity index (χ3v) is 7.08. The van der Waals surface area contributed by atoms with E-state index in [4.69, 9.17) is 0 Å². The fourth-order valence-electron chi connectivity index (χ4n) is 3.31. The molecular formula is C24H21N3O3S2. The van der Waals surface area contributed by atoms with Gasteiger partial charge in [0.15, 0.2) is 10.9 Å². The van der Waals surface area contributed by atoms with Crippen LogP contribution in [0, 0.1) is 0 Å². The number of nitrogens with zero attached hydrogens (tertiary/aromatic N) is 1. The SMILES string of the molecule is CCC(Sc1nc2scc(-c3ccccc3)c2c(=O)[nH]1)C(=O)Nc1cccc(C(C)=O)c1. The van der Waals surface area contributed by atoms with Crippen LogP contribution in [0.3, 0.4) is 0 Å². The van der Waals surface area contributed by atoms with Crippen LogP contribution < -0.4 is 10.9 Å². The summed E-state index contributed by atoms with van der Waals surface area (Å²) in [6.45, 7) is 3.39. The molecule has 4 rings (SSSR count). The molecule has 32 heavy (non-hydrogen) atoms. The van der Waals surface area contributed by atoms with Gasteiger partial charge in [0.25, 0.3) is 5.56 Å². The number of thioether (sulfide) groups is 1. The van der Waals surface area contributed by atoms with E-state index in [9.17, 15) is 14.4 Å². The molecule has 6 nitrogen and oxygen atoms in total. The van der Waals surface area contributed by atoms with Crippen molar-refractivity contribution in [1.82, 2.24) is 9.97 Å². The number of carbonyl (C=O) groups excluding carboxylic acids is 2. The van der Waals surface area contributed by atoms with E-state index in [1.54, 1.807) is 24.3 Å². The Hall–Kier alpha value is -3.23. The maximum atomic E-state index is 12.9. The van der Waals surface area contributed by atoms with Crippen LogP contribution in [0.25, 0.3) is 21.3 Å². The maximum absolute atomic E-state index is 12.9. The number of fused-ring (bicyclic) bond motifs is 1. The molecule has 0 aliphatic carbocycles. The summed E-state index contributed by atoms with van der Waals surface area (Å²) < 4.78 is 0. The Balaban J connectivity index is 1.56. The Bertz CT molecular complexity index is 1350. The molecule has 0 aliphatic heterocycles. The molecule has 8 heteroatoms. The Morgan fingerprint density at radius 3 is 2.66 bits per heavy atom. The van der Waals surface area contributed by atoms with Crippen molar-refractivity contribution >= 4 is 50.7 Å². The standard InChI is InChI=1S/C24H21N3O3S2/c1-3-19(21(29)25-17-11-7-10-16(12-17)14(2)28)32-24-26-22(30)20-18(13-31-23(20)27-24)15-8-5-4-6-9-15/h4-13,19H,3H2,1-2H3,(H,25,29)(H,26,27,30). The Morgan fingerprint density at radius 1 is 1.16 bits per heavy atom. The predicted octanol–water partition coefficient (Wildman–Crippen LogP) is 5.36. The molecule has 2 aromatic heterocycles. The molecule has 2 heterocycles. The summed E-state index contributed by atoms with van der Waals surface area (Å²) in [5, 5.41) is 5.30. The second-order valence-corrected chi connectivity index (χ2v) is 9.26. The molecule has 162 valence electrons. The minimum absolute atomic E-state index is 0.0663. The van der Waals surface area contributed by atoms with Crippen molar-refractivity contribution in [1.29, 1.82) is 0 Å². The molecule has 4 aromatic rings. The summed E-state index contributed by atoms with van der Waals surface area (Å²) >= 11 is 2.63. The molecule has 1 amide bonds. The number of hydrogen-bond acceptors (Lipinski definition) is 6. The quantitative estimate of drug-likeness (QED) is 0.219. The van der Waals surface area contributed by atoms with E-state index in [0.29, 0.717) is 33.0 Å². The zero-order chi connectivity index (χ0) is 22.7. The lowest BCUT2D eigenvalue weighted by Crippen LogP contribution is -2.25. The second-order valence-electron chi connectivity index (χ2n) is 7.21. The number of Topliss-reactive ketones (excluding diaryl/α,β-unsaturated/α-hetero) is 1. The molecule has 0 spiro atoms. The molecule has 2 N–H and O–H groups in total. The van der Waals surface area contributed by atoms with Gasteiger partial charge in [0.2, 0.25) is 5.91 Å². The highest BCUT2D eigenvalue weighted by atomic mass is 32.2. The number of thiophene rings is 1. The fourth-order valence-corrected chi connectivity index (χ4v) is 5.21. The first-order valence-electron chi connectivity index (χ1n) is 10.1. The van der Waals surface area contributed by atoms with E-state index < -0.39 is 5.25 Å². The van der Waals surface area contributed by atoms with Gasteiger partial charge < -0.3 is 10.3 Å². The van der Waals surface area contributed by atoms with Gasteiger partial charge in [0.05, 0.1) is 10.6 Å².